The van der Waals surface area contributed by atoms with E-state index in [1.54, 1.807) is 6.08 Å². The molecule has 0 amide bonds. The second-order valence-electron chi connectivity index (χ2n) is 3.20. The van der Waals surface area contributed by atoms with Crippen LogP contribution in [-0.4, -0.2) is 25.8 Å². The highest BCUT2D eigenvalue weighted by Gasteiger charge is 2.15. The first-order chi connectivity index (χ1) is 6.24. The summed E-state index contributed by atoms with van der Waals surface area (Å²) in [5, 5.41) is 0. The van der Waals surface area contributed by atoms with Crippen molar-refractivity contribution in [2.75, 3.05) is 19.8 Å². The van der Waals surface area contributed by atoms with E-state index in [0.717, 1.165) is 18.6 Å². The Balaban J connectivity index is 2.52. The number of carbonyl (C=O) groups is 1. The molecular formula is C10H16O3. The lowest BCUT2D eigenvalue weighted by atomic mass is 9.97. The summed E-state index contributed by atoms with van der Waals surface area (Å²) in [5.41, 5.74) is 1.14. The zero-order valence-electron chi connectivity index (χ0n) is 8.21. The molecule has 1 unspecified atom stereocenters. The van der Waals surface area contributed by atoms with Crippen molar-refractivity contribution in [3.63, 3.8) is 0 Å². The molecule has 0 bridgehead atoms. The fourth-order valence-electron chi connectivity index (χ4n) is 1.35. The maximum atomic E-state index is 11.1. The molecule has 0 aromatic rings. The Hall–Kier alpha value is -0.830. The summed E-state index contributed by atoms with van der Waals surface area (Å²) in [6.45, 7) is 5.74. The van der Waals surface area contributed by atoms with Crippen LogP contribution in [0.3, 0.4) is 0 Å². The molecule has 3 heteroatoms. The van der Waals surface area contributed by atoms with Crippen molar-refractivity contribution in [3.8, 4) is 0 Å². The zero-order valence-corrected chi connectivity index (χ0v) is 8.21. The van der Waals surface area contributed by atoms with Crippen molar-refractivity contribution in [2.45, 2.75) is 20.3 Å². The average Bonchev–Trinajstić information content (AvgIpc) is 2.09. The van der Waals surface area contributed by atoms with Crippen LogP contribution >= 0.6 is 0 Å². The Morgan fingerprint density at radius 2 is 2.54 bits per heavy atom. The molecule has 3 nitrogen and oxygen atoms in total. The van der Waals surface area contributed by atoms with Crippen molar-refractivity contribution in [3.05, 3.63) is 11.6 Å². The van der Waals surface area contributed by atoms with E-state index in [1.807, 2.05) is 6.92 Å². The van der Waals surface area contributed by atoms with E-state index >= 15 is 0 Å². The lowest BCUT2D eigenvalue weighted by molar-refractivity contribution is -0.137. The predicted octanol–water partition coefficient (Wildman–Crippen LogP) is 1.53. The summed E-state index contributed by atoms with van der Waals surface area (Å²) >= 11 is 0. The number of rotatable bonds is 2. The lowest BCUT2D eigenvalue weighted by Gasteiger charge is -2.21. The van der Waals surface area contributed by atoms with Gasteiger partial charge in [-0.15, -0.1) is 0 Å². The van der Waals surface area contributed by atoms with Crippen molar-refractivity contribution in [1.82, 2.24) is 0 Å². The van der Waals surface area contributed by atoms with Gasteiger partial charge in [-0.25, -0.2) is 4.79 Å². The Morgan fingerprint density at radius 3 is 3.15 bits per heavy atom. The molecule has 1 aliphatic rings. The summed E-state index contributed by atoms with van der Waals surface area (Å²) in [4.78, 5) is 11.1. The maximum absolute atomic E-state index is 11.1. The molecule has 0 aromatic heterocycles. The largest absolute Gasteiger partial charge is 0.463 e. The van der Waals surface area contributed by atoms with Gasteiger partial charge in [0.25, 0.3) is 0 Å². The SMILES string of the molecule is CCOC(=O)C=C1CCOCC1C. The van der Waals surface area contributed by atoms with E-state index in [2.05, 4.69) is 6.92 Å². The second-order valence-corrected chi connectivity index (χ2v) is 3.20. The molecule has 74 valence electrons. The molecule has 0 aromatic carbocycles. The van der Waals surface area contributed by atoms with Gasteiger partial charge in [-0.2, -0.15) is 0 Å². The maximum Gasteiger partial charge on any atom is 0.330 e. The van der Waals surface area contributed by atoms with Gasteiger partial charge < -0.3 is 9.47 Å². The number of hydrogen-bond donors (Lipinski definition) is 0. The summed E-state index contributed by atoms with van der Waals surface area (Å²) in [7, 11) is 0. The van der Waals surface area contributed by atoms with Gasteiger partial charge in [0.05, 0.1) is 19.8 Å². The van der Waals surface area contributed by atoms with Crippen LogP contribution in [0.5, 0.6) is 0 Å². The first-order valence-corrected chi connectivity index (χ1v) is 4.69. The molecule has 1 rings (SSSR count). The van der Waals surface area contributed by atoms with Crippen LogP contribution in [0.1, 0.15) is 20.3 Å². The zero-order chi connectivity index (χ0) is 9.68. The van der Waals surface area contributed by atoms with Crippen LogP contribution in [-0.2, 0) is 14.3 Å². The third-order valence-corrected chi connectivity index (χ3v) is 2.13. The monoisotopic (exact) mass is 184 g/mol. The van der Waals surface area contributed by atoms with E-state index in [9.17, 15) is 4.79 Å². The molecular weight excluding hydrogens is 168 g/mol. The number of carbonyl (C=O) groups excluding carboxylic acids is 1. The third kappa shape index (κ3) is 3.19. The summed E-state index contributed by atoms with van der Waals surface area (Å²) in [6, 6.07) is 0. The van der Waals surface area contributed by atoms with E-state index in [-0.39, 0.29) is 5.97 Å². The molecule has 1 fully saturated rings. The number of ether oxygens (including phenoxy) is 2. The second kappa shape index (κ2) is 5.02. The highest BCUT2D eigenvalue weighted by molar-refractivity contribution is 5.82. The van der Waals surface area contributed by atoms with Gasteiger partial charge >= 0.3 is 5.97 Å². The van der Waals surface area contributed by atoms with E-state index in [1.165, 1.54) is 0 Å². The molecule has 0 aliphatic carbocycles. The highest BCUT2D eigenvalue weighted by atomic mass is 16.5. The van der Waals surface area contributed by atoms with Crippen molar-refractivity contribution in [1.29, 1.82) is 0 Å². The van der Waals surface area contributed by atoms with Gasteiger partial charge in [0.2, 0.25) is 0 Å². The fraction of sp³-hybridized carbons (Fsp3) is 0.700. The summed E-state index contributed by atoms with van der Waals surface area (Å²) in [5.74, 6) is 0.115. The third-order valence-electron chi connectivity index (χ3n) is 2.13. The topological polar surface area (TPSA) is 35.5 Å². The molecule has 1 heterocycles. The summed E-state index contributed by atoms with van der Waals surface area (Å²) in [6.07, 6.45) is 2.46. The van der Waals surface area contributed by atoms with Crippen LogP contribution in [0.4, 0.5) is 0 Å². The molecule has 1 aliphatic heterocycles. The van der Waals surface area contributed by atoms with E-state index in [4.69, 9.17) is 9.47 Å². The molecule has 0 spiro atoms. The van der Waals surface area contributed by atoms with Crippen molar-refractivity contribution in [2.24, 2.45) is 5.92 Å². The van der Waals surface area contributed by atoms with Gasteiger partial charge in [-0.3, -0.25) is 0 Å². The van der Waals surface area contributed by atoms with Gasteiger partial charge in [-0.05, 0) is 13.3 Å². The lowest BCUT2D eigenvalue weighted by Crippen LogP contribution is -2.18. The smallest absolute Gasteiger partial charge is 0.330 e. The van der Waals surface area contributed by atoms with Crippen LogP contribution < -0.4 is 0 Å². The molecule has 0 radical (unpaired) electrons. The minimum atomic E-state index is -0.230. The first kappa shape index (κ1) is 10.3. The molecule has 1 saturated heterocycles. The molecule has 0 N–H and O–H groups in total. The number of hydrogen-bond acceptors (Lipinski definition) is 3. The quantitative estimate of drug-likeness (QED) is 0.482. The van der Waals surface area contributed by atoms with Gasteiger partial charge in [0.15, 0.2) is 0 Å². The molecule has 0 saturated carbocycles. The van der Waals surface area contributed by atoms with Crippen LogP contribution in [0, 0.1) is 5.92 Å². The van der Waals surface area contributed by atoms with Crippen LogP contribution in [0.15, 0.2) is 11.6 Å². The van der Waals surface area contributed by atoms with E-state index < -0.39 is 0 Å². The van der Waals surface area contributed by atoms with Gasteiger partial charge in [0, 0.05) is 12.0 Å². The minimum Gasteiger partial charge on any atom is -0.463 e. The first-order valence-electron chi connectivity index (χ1n) is 4.69. The van der Waals surface area contributed by atoms with Crippen LogP contribution in [0.2, 0.25) is 0 Å². The average molecular weight is 184 g/mol. The minimum absolute atomic E-state index is 0.230. The standard InChI is InChI=1S/C10H16O3/c1-3-13-10(11)6-9-4-5-12-7-8(9)2/h6,8H,3-5,7H2,1-2H3. The molecule has 1 atom stereocenters. The Bertz CT molecular complexity index is 208. The summed E-state index contributed by atoms with van der Waals surface area (Å²) < 4.78 is 10.1. The van der Waals surface area contributed by atoms with Crippen LogP contribution in [0.25, 0.3) is 0 Å². The molecule has 13 heavy (non-hydrogen) atoms. The highest BCUT2D eigenvalue weighted by Crippen LogP contribution is 2.19. The van der Waals surface area contributed by atoms with Crippen molar-refractivity contribution >= 4 is 5.97 Å². The Labute approximate surface area is 78.7 Å². The Morgan fingerprint density at radius 1 is 1.77 bits per heavy atom. The van der Waals surface area contributed by atoms with Crippen molar-refractivity contribution < 1.29 is 14.3 Å². The Kier molecular flexibility index (Phi) is 3.96. The van der Waals surface area contributed by atoms with Gasteiger partial charge in [-0.1, -0.05) is 12.5 Å². The normalized spacial score (nSPS) is 26.0. The fourth-order valence-corrected chi connectivity index (χ4v) is 1.35. The van der Waals surface area contributed by atoms with E-state index in [0.29, 0.717) is 19.1 Å². The van der Waals surface area contributed by atoms with Gasteiger partial charge in [0.1, 0.15) is 0 Å². The predicted molar refractivity (Wildman–Crippen MR) is 49.3 cm³/mol. The number of esters is 1.